The molecule has 0 aliphatic carbocycles. The molecule has 0 bridgehead atoms. The van der Waals surface area contributed by atoms with Crippen LogP contribution in [-0.2, 0) is 4.74 Å². The molecule has 0 aromatic carbocycles. The van der Waals surface area contributed by atoms with Gasteiger partial charge in [-0.25, -0.2) is 19.6 Å². The minimum atomic E-state index is -1.49. The van der Waals surface area contributed by atoms with Crippen molar-refractivity contribution >= 4 is 51.6 Å². The van der Waals surface area contributed by atoms with E-state index in [9.17, 15) is 14.7 Å². The van der Waals surface area contributed by atoms with Gasteiger partial charge in [0.25, 0.3) is 0 Å². The highest BCUT2D eigenvalue weighted by Gasteiger charge is 2.32. The number of fused-ring (bicyclic) bond motifs is 1. The Bertz CT molecular complexity index is 1010. The number of aromatic nitrogens is 4. The second kappa shape index (κ2) is 7.10. The zero-order chi connectivity index (χ0) is 19.8. The van der Waals surface area contributed by atoms with Crippen LogP contribution in [0.3, 0.4) is 0 Å². The van der Waals surface area contributed by atoms with E-state index in [-0.39, 0.29) is 5.82 Å². The van der Waals surface area contributed by atoms with Gasteiger partial charge in [0, 0.05) is 16.0 Å². The van der Waals surface area contributed by atoms with Crippen LogP contribution in [0, 0.1) is 3.57 Å². The third-order valence-electron chi connectivity index (χ3n) is 3.42. The van der Waals surface area contributed by atoms with Crippen LogP contribution in [0.2, 0.25) is 0 Å². The van der Waals surface area contributed by atoms with Crippen molar-refractivity contribution in [2.24, 2.45) is 0 Å². The lowest BCUT2D eigenvalue weighted by Crippen LogP contribution is -2.40. The number of ether oxygens (including phenoxy) is 1. The standard InChI is InChI=1S/C17H16IN5O4/c1-17(2,3)27-16(26)23(15(24)25)14-12-11(18)8-22(13(12)20-9-21-14)10-5-4-6-19-7-10/h4-9H,1-3H3,(H,24,25). The van der Waals surface area contributed by atoms with Gasteiger partial charge in [-0.3, -0.25) is 9.55 Å². The molecular formula is C17H16IN5O4. The summed E-state index contributed by atoms with van der Waals surface area (Å²) in [5.74, 6) is -0.0613. The minimum absolute atomic E-state index is 0.0613. The van der Waals surface area contributed by atoms with Gasteiger partial charge in [-0.15, -0.1) is 0 Å². The van der Waals surface area contributed by atoms with E-state index in [0.29, 0.717) is 19.5 Å². The first-order valence-electron chi connectivity index (χ1n) is 7.87. The van der Waals surface area contributed by atoms with E-state index < -0.39 is 17.8 Å². The lowest BCUT2D eigenvalue weighted by atomic mass is 10.2. The van der Waals surface area contributed by atoms with Gasteiger partial charge < -0.3 is 9.84 Å². The molecule has 0 unspecified atom stereocenters. The van der Waals surface area contributed by atoms with Crippen LogP contribution in [0.25, 0.3) is 16.7 Å². The average molecular weight is 481 g/mol. The smallest absolute Gasteiger partial charge is 0.425 e. The number of nitrogens with zero attached hydrogens (tertiary/aromatic N) is 5. The summed E-state index contributed by atoms with van der Waals surface area (Å²) in [5.41, 5.74) is 0.340. The molecule has 3 rings (SSSR count). The first-order valence-corrected chi connectivity index (χ1v) is 8.95. The van der Waals surface area contributed by atoms with Crippen molar-refractivity contribution in [3.05, 3.63) is 40.6 Å². The molecule has 0 aliphatic rings. The van der Waals surface area contributed by atoms with E-state index in [4.69, 9.17) is 4.74 Å². The maximum Gasteiger partial charge on any atom is 0.425 e. The summed E-state index contributed by atoms with van der Waals surface area (Å²) in [6.45, 7) is 4.97. The number of hydrogen-bond donors (Lipinski definition) is 1. The van der Waals surface area contributed by atoms with Gasteiger partial charge in [-0.05, 0) is 55.5 Å². The molecule has 3 aromatic rings. The van der Waals surface area contributed by atoms with Gasteiger partial charge in [-0.2, -0.15) is 4.90 Å². The number of hydrogen-bond acceptors (Lipinski definition) is 6. The van der Waals surface area contributed by atoms with Crippen molar-refractivity contribution in [2.75, 3.05) is 4.90 Å². The lowest BCUT2D eigenvalue weighted by Gasteiger charge is -2.24. The number of pyridine rings is 1. The number of carboxylic acid groups (broad SMARTS) is 1. The monoisotopic (exact) mass is 481 g/mol. The van der Waals surface area contributed by atoms with Gasteiger partial charge >= 0.3 is 12.2 Å². The second-order valence-electron chi connectivity index (χ2n) is 6.55. The Hall–Kier alpha value is -2.76. The van der Waals surface area contributed by atoms with E-state index in [2.05, 4.69) is 15.0 Å². The summed E-state index contributed by atoms with van der Waals surface area (Å²) in [4.78, 5) is 37.2. The number of carbonyl (C=O) groups excluding carboxylic acids is 1. The molecule has 3 heterocycles. The minimum Gasteiger partial charge on any atom is -0.464 e. The van der Waals surface area contributed by atoms with Crippen molar-refractivity contribution in [1.82, 2.24) is 19.5 Å². The molecule has 2 amide bonds. The van der Waals surface area contributed by atoms with Crippen LogP contribution in [0.4, 0.5) is 15.4 Å². The molecule has 0 saturated carbocycles. The molecule has 27 heavy (non-hydrogen) atoms. The van der Waals surface area contributed by atoms with Crippen molar-refractivity contribution in [3.8, 4) is 5.69 Å². The molecular weight excluding hydrogens is 465 g/mol. The Kier molecular flexibility index (Phi) is 5.00. The maximum absolute atomic E-state index is 12.5. The number of carbonyl (C=O) groups is 2. The molecule has 0 fully saturated rings. The van der Waals surface area contributed by atoms with Gasteiger partial charge in [-0.1, -0.05) is 0 Å². The highest BCUT2D eigenvalue weighted by atomic mass is 127. The number of anilines is 1. The number of rotatable bonds is 2. The SMILES string of the molecule is CC(C)(C)OC(=O)N(C(=O)O)c1ncnc2c1c(I)cn2-c1cccnc1. The highest BCUT2D eigenvalue weighted by molar-refractivity contribution is 14.1. The molecule has 9 nitrogen and oxygen atoms in total. The van der Waals surface area contributed by atoms with Crippen LogP contribution in [0.1, 0.15) is 20.8 Å². The summed E-state index contributed by atoms with van der Waals surface area (Å²) in [7, 11) is 0. The molecule has 0 atom stereocenters. The fourth-order valence-electron chi connectivity index (χ4n) is 2.43. The number of halogens is 1. The highest BCUT2D eigenvalue weighted by Crippen LogP contribution is 2.32. The largest absolute Gasteiger partial charge is 0.464 e. The molecule has 0 saturated heterocycles. The van der Waals surface area contributed by atoms with Crippen molar-refractivity contribution in [3.63, 3.8) is 0 Å². The fraction of sp³-hybridized carbons (Fsp3) is 0.235. The van der Waals surface area contributed by atoms with Crippen molar-refractivity contribution in [2.45, 2.75) is 26.4 Å². The summed E-state index contributed by atoms with van der Waals surface area (Å²) in [6, 6.07) is 3.62. The van der Waals surface area contributed by atoms with Crippen LogP contribution >= 0.6 is 22.6 Å². The molecule has 140 valence electrons. The summed E-state index contributed by atoms with van der Waals surface area (Å²) < 4.78 is 7.65. The summed E-state index contributed by atoms with van der Waals surface area (Å²) in [5, 5.41) is 10.0. The topological polar surface area (TPSA) is 110 Å². The Labute approximate surface area is 168 Å². The predicted octanol–water partition coefficient (Wildman–Crippen LogP) is 3.84. The summed E-state index contributed by atoms with van der Waals surface area (Å²) >= 11 is 2.05. The van der Waals surface area contributed by atoms with E-state index in [1.165, 1.54) is 6.33 Å². The van der Waals surface area contributed by atoms with Crippen LogP contribution in [0.15, 0.2) is 37.1 Å². The van der Waals surface area contributed by atoms with E-state index in [0.717, 1.165) is 5.69 Å². The number of imide groups is 1. The Morgan fingerprint density at radius 3 is 2.63 bits per heavy atom. The quantitative estimate of drug-likeness (QED) is 0.554. The van der Waals surface area contributed by atoms with Gasteiger partial charge in [0.1, 0.15) is 11.9 Å². The molecule has 1 N–H and O–H groups in total. The first-order chi connectivity index (χ1) is 12.7. The molecule has 0 aliphatic heterocycles. The van der Waals surface area contributed by atoms with Gasteiger partial charge in [0.2, 0.25) is 0 Å². The molecule has 0 radical (unpaired) electrons. The Morgan fingerprint density at radius 2 is 2.04 bits per heavy atom. The van der Waals surface area contributed by atoms with Crippen LogP contribution in [0.5, 0.6) is 0 Å². The molecule has 3 aromatic heterocycles. The second-order valence-corrected chi connectivity index (χ2v) is 7.71. The third kappa shape index (κ3) is 3.84. The maximum atomic E-state index is 12.5. The molecule has 0 spiro atoms. The van der Waals surface area contributed by atoms with Gasteiger partial charge in [0.15, 0.2) is 11.5 Å². The lowest BCUT2D eigenvalue weighted by molar-refractivity contribution is 0.0581. The Balaban J connectivity index is 2.18. The van der Waals surface area contributed by atoms with E-state index in [1.54, 1.807) is 50.0 Å². The van der Waals surface area contributed by atoms with Crippen molar-refractivity contribution in [1.29, 1.82) is 0 Å². The van der Waals surface area contributed by atoms with Gasteiger partial charge in [0.05, 0.1) is 17.3 Å². The third-order valence-corrected chi connectivity index (χ3v) is 4.24. The summed E-state index contributed by atoms with van der Waals surface area (Å²) in [6.07, 6.45) is 3.76. The zero-order valence-corrected chi connectivity index (χ0v) is 16.9. The molecule has 10 heteroatoms. The Morgan fingerprint density at radius 1 is 1.30 bits per heavy atom. The average Bonchev–Trinajstić information content (AvgIpc) is 2.92. The van der Waals surface area contributed by atoms with Crippen LogP contribution in [-0.4, -0.2) is 42.4 Å². The first kappa shape index (κ1) is 19.0. The van der Waals surface area contributed by atoms with Crippen LogP contribution < -0.4 is 4.90 Å². The van der Waals surface area contributed by atoms with Crippen molar-refractivity contribution < 1.29 is 19.4 Å². The van der Waals surface area contributed by atoms with E-state index >= 15 is 0 Å². The zero-order valence-electron chi connectivity index (χ0n) is 14.8. The normalized spacial score (nSPS) is 11.4. The fourth-order valence-corrected chi connectivity index (χ4v) is 3.19. The predicted molar refractivity (Wildman–Crippen MR) is 106 cm³/mol. The number of amides is 2. The van der Waals surface area contributed by atoms with E-state index in [1.807, 2.05) is 28.7 Å².